The Kier molecular flexibility index (Phi) is 4.42. The maximum atomic E-state index is 12.4. The lowest BCUT2D eigenvalue weighted by Gasteiger charge is -2.60. The first kappa shape index (κ1) is 15.9. The third kappa shape index (κ3) is 2.94. The molecule has 3 nitrogen and oxygen atoms in total. The SMILES string of the molecule is COC1(CNC(=O)CC2CCCCC2)C2CC3CC(C2)CC1C3. The first-order chi connectivity index (χ1) is 11.2. The molecule has 4 bridgehead atoms. The molecule has 5 aliphatic carbocycles. The maximum Gasteiger partial charge on any atom is 0.220 e. The van der Waals surface area contributed by atoms with Crippen LogP contribution in [-0.4, -0.2) is 25.2 Å². The molecule has 3 heteroatoms. The zero-order valence-electron chi connectivity index (χ0n) is 14.7. The fraction of sp³-hybridized carbons (Fsp3) is 0.950. The van der Waals surface area contributed by atoms with Crippen molar-refractivity contribution in [2.45, 2.75) is 76.2 Å². The van der Waals surface area contributed by atoms with Crippen LogP contribution in [0.2, 0.25) is 0 Å². The fourth-order valence-corrected chi connectivity index (χ4v) is 6.64. The van der Waals surface area contributed by atoms with E-state index in [1.807, 2.05) is 7.11 Å². The molecule has 5 aliphatic rings. The van der Waals surface area contributed by atoms with Gasteiger partial charge in [-0.25, -0.2) is 0 Å². The molecule has 1 N–H and O–H groups in total. The number of methoxy groups -OCH3 is 1. The van der Waals surface area contributed by atoms with Crippen LogP contribution in [0.1, 0.15) is 70.6 Å². The summed E-state index contributed by atoms with van der Waals surface area (Å²) in [6.45, 7) is 0.754. The average Bonchev–Trinajstić information content (AvgIpc) is 2.55. The van der Waals surface area contributed by atoms with Crippen molar-refractivity contribution in [2.24, 2.45) is 29.6 Å². The van der Waals surface area contributed by atoms with Crippen molar-refractivity contribution in [3.8, 4) is 0 Å². The normalized spacial score (nSPS) is 42.8. The van der Waals surface area contributed by atoms with Crippen LogP contribution in [0.4, 0.5) is 0 Å². The van der Waals surface area contributed by atoms with Crippen LogP contribution >= 0.6 is 0 Å². The average molecular weight is 319 g/mol. The van der Waals surface area contributed by atoms with Crippen molar-refractivity contribution >= 4 is 5.91 Å². The topological polar surface area (TPSA) is 38.3 Å². The van der Waals surface area contributed by atoms with Gasteiger partial charge in [-0.15, -0.1) is 0 Å². The number of hydrogen-bond donors (Lipinski definition) is 1. The minimum absolute atomic E-state index is 0.0599. The van der Waals surface area contributed by atoms with Crippen molar-refractivity contribution in [3.05, 3.63) is 0 Å². The Morgan fingerprint density at radius 2 is 1.61 bits per heavy atom. The highest BCUT2D eigenvalue weighted by atomic mass is 16.5. The fourth-order valence-electron chi connectivity index (χ4n) is 6.64. The van der Waals surface area contributed by atoms with Crippen LogP contribution in [0, 0.1) is 29.6 Å². The number of amides is 1. The second kappa shape index (κ2) is 6.38. The van der Waals surface area contributed by atoms with Gasteiger partial charge in [0, 0.05) is 20.1 Å². The number of carbonyl (C=O) groups excluding carboxylic acids is 1. The van der Waals surface area contributed by atoms with Crippen LogP contribution in [0.5, 0.6) is 0 Å². The minimum Gasteiger partial charge on any atom is -0.376 e. The standard InChI is InChI=1S/C20H33NO2/c1-23-20(13-21-19(22)12-14-5-3-2-4-6-14)17-8-15-7-16(10-17)11-18(20)9-15/h14-18H,2-13H2,1H3,(H,21,22). The van der Waals surface area contributed by atoms with Gasteiger partial charge in [-0.1, -0.05) is 19.3 Å². The van der Waals surface area contributed by atoms with E-state index in [-0.39, 0.29) is 11.5 Å². The van der Waals surface area contributed by atoms with Gasteiger partial charge in [-0.2, -0.15) is 0 Å². The van der Waals surface area contributed by atoms with Crippen LogP contribution in [-0.2, 0) is 9.53 Å². The molecular formula is C20H33NO2. The van der Waals surface area contributed by atoms with E-state index >= 15 is 0 Å². The molecule has 23 heavy (non-hydrogen) atoms. The highest BCUT2D eigenvalue weighted by molar-refractivity contribution is 5.76. The van der Waals surface area contributed by atoms with E-state index in [4.69, 9.17) is 4.74 Å². The van der Waals surface area contributed by atoms with E-state index in [9.17, 15) is 4.79 Å². The summed E-state index contributed by atoms with van der Waals surface area (Å²) in [6, 6.07) is 0. The summed E-state index contributed by atoms with van der Waals surface area (Å²) in [5.74, 6) is 4.14. The van der Waals surface area contributed by atoms with E-state index in [0.29, 0.717) is 17.8 Å². The summed E-state index contributed by atoms with van der Waals surface area (Å²) in [5.41, 5.74) is -0.0599. The van der Waals surface area contributed by atoms with Gasteiger partial charge in [-0.05, 0) is 74.5 Å². The van der Waals surface area contributed by atoms with Crippen LogP contribution < -0.4 is 5.32 Å². The summed E-state index contributed by atoms with van der Waals surface area (Å²) in [7, 11) is 1.88. The summed E-state index contributed by atoms with van der Waals surface area (Å²) < 4.78 is 6.14. The third-order valence-electron chi connectivity index (χ3n) is 7.66. The molecule has 0 aromatic heterocycles. The number of carbonyl (C=O) groups is 1. The lowest BCUT2D eigenvalue weighted by molar-refractivity contribution is -0.188. The number of hydrogen-bond acceptors (Lipinski definition) is 2. The predicted octanol–water partition coefficient (Wildman–Crippen LogP) is 3.91. The summed E-state index contributed by atoms with van der Waals surface area (Å²) in [4.78, 5) is 12.4. The van der Waals surface area contributed by atoms with Gasteiger partial charge >= 0.3 is 0 Å². The first-order valence-electron chi connectivity index (χ1n) is 10.0. The lowest BCUT2D eigenvalue weighted by atomic mass is 9.49. The molecule has 0 unspecified atom stereocenters. The highest BCUT2D eigenvalue weighted by Gasteiger charge is 2.57. The Bertz CT molecular complexity index is 413. The molecule has 0 aliphatic heterocycles. The molecule has 0 spiro atoms. The Morgan fingerprint density at radius 1 is 1.00 bits per heavy atom. The van der Waals surface area contributed by atoms with Crippen molar-refractivity contribution < 1.29 is 9.53 Å². The van der Waals surface area contributed by atoms with Crippen molar-refractivity contribution in [1.29, 1.82) is 0 Å². The molecule has 5 fully saturated rings. The van der Waals surface area contributed by atoms with Crippen LogP contribution in [0.15, 0.2) is 0 Å². The van der Waals surface area contributed by atoms with Gasteiger partial charge in [0.05, 0.1) is 5.60 Å². The Labute approximate surface area is 140 Å². The van der Waals surface area contributed by atoms with Crippen LogP contribution in [0.3, 0.4) is 0 Å². The van der Waals surface area contributed by atoms with E-state index in [0.717, 1.165) is 24.8 Å². The second-order valence-corrected chi connectivity index (χ2v) is 8.95. The largest absolute Gasteiger partial charge is 0.376 e. The second-order valence-electron chi connectivity index (χ2n) is 8.95. The van der Waals surface area contributed by atoms with Crippen molar-refractivity contribution in [2.75, 3.05) is 13.7 Å². The number of rotatable bonds is 5. The quantitative estimate of drug-likeness (QED) is 0.834. The molecule has 0 aromatic carbocycles. The van der Waals surface area contributed by atoms with Gasteiger partial charge in [0.25, 0.3) is 0 Å². The molecule has 0 saturated heterocycles. The molecule has 1 amide bonds. The summed E-state index contributed by atoms with van der Waals surface area (Å²) in [6.07, 6.45) is 14.0. The minimum atomic E-state index is -0.0599. The van der Waals surface area contributed by atoms with E-state index < -0.39 is 0 Å². The zero-order chi connectivity index (χ0) is 15.9. The van der Waals surface area contributed by atoms with Crippen molar-refractivity contribution in [1.82, 2.24) is 5.32 Å². The Balaban J connectivity index is 1.35. The summed E-state index contributed by atoms with van der Waals surface area (Å²) >= 11 is 0. The molecule has 0 atom stereocenters. The molecular weight excluding hydrogens is 286 g/mol. The van der Waals surface area contributed by atoms with Gasteiger partial charge < -0.3 is 10.1 Å². The molecule has 0 heterocycles. The zero-order valence-corrected chi connectivity index (χ0v) is 14.7. The molecule has 0 aromatic rings. The number of nitrogens with one attached hydrogen (secondary N) is 1. The maximum absolute atomic E-state index is 12.4. The monoisotopic (exact) mass is 319 g/mol. The first-order valence-corrected chi connectivity index (χ1v) is 10.0. The molecule has 5 rings (SSSR count). The van der Waals surface area contributed by atoms with Gasteiger partial charge in [0.15, 0.2) is 0 Å². The van der Waals surface area contributed by atoms with E-state index in [1.165, 1.54) is 64.2 Å². The smallest absolute Gasteiger partial charge is 0.220 e. The molecule has 5 saturated carbocycles. The molecule has 0 radical (unpaired) electrons. The van der Waals surface area contributed by atoms with Gasteiger partial charge in [0.2, 0.25) is 5.91 Å². The predicted molar refractivity (Wildman–Crippen MR) is 91.0 cm³/mol. The van der Waals surface area contributed by atoms with Crippen molar-refractivity contribution in [3.63, 3.8) is 0 Å². The Hall–Kier alpha value is -0.570. The number of ether oxygens (including phenoxy) is 1. The van der Waals surface area contributed by atoms with Crippen LogP contribution in [0.25, 0.3) is 0 Å². The third-order valence-corrected chi connectivity index (χ3v) is 7.66. The highest BCUT2D eigenvalue weighted by Crippen LogP contribution is 2.59. The van der Waals surface area contributed by atoms with E-state index in [2.05, 4.69) is 5.32 Å². The summed E-state index contributed by atoms with van der Waals surface area (Å²) in [5, 5.41) is 3.29. The van der Waals surface area contributed by atoms with E-state index in [1.54, 1.807) is 0 Å². The van der Waals surface area contributed by atoms with Gasteiger partial charge in [-0.3, -0.25) is 4.79 Å². The lowest BCUT2D eigenvalue weighted by Crippen LogP contribution is -2.63. The Morgan fingerprint density at radius 3 is 2.17 bits per heavy atom. The molecule has 130 valence electrons. The van der Waals surface area contributed by atoms with Gasteiger partial charge in [0.1, 0.15) is 0 Å².